The number of carbonyl (C=O) groups excluding carboxylic acids is 1. The number of rotatable bonds is 3. The summed E-state index contributed by atoms with van der Waals surface area (Å²) in [5.41, 5.74) is 2.02. The third-order valence-corrected chi connectivity index (χ3v) is 4.70. The van der Waals surface area contributed by atoms with Gasteiger partial charge in [0.15, 0.2) is 0 Å². The highest BCUT2D eigenvalue weighted by atomic mass is 35.5. The van der Waals surface area contributed by atoms with Crippen LogP contribution in [0.5, 0.6) is 0 Å². The Kier molecular flexibility index (Phi) is 8.27. The van der Waals surface area contributed by atoms with E-state index in [0.29, 0.717) is 0 Å². The highest BCUT2D eigenvalue weighted by Crippen LogP contribution is 2.24. The Balaban J connectivity index is 0.00000144. The fourth-order valence-electron chi connectivity index (χ4n) is 3.48. The summed E-state index contributed by atoms with van der Waals surface area (Å²) in [5, 5.41) is 6.43. The molecule has 0 radical (unpaired) electrons. The Hall–Kier alpha value is -1.04. The van der Waals surface area contributed by atoms with Crippen LogP contribution in [0.15, 0.2) is 18.2 Å². The molecular weight excluding hydrogens is 352 g/mol. The van der Waals surface area contributed by atoms with Gasteiger partial charge in [-0.15, -0.1) is 24.8 Å². The first-order valence-corrected chi connectivity index (χ1v) is 8.15. The Morgan fingerprint density at radius 3 is 2.79 bits per heavy atom. The zero-order valence-electron chi connectivity index (χ0n) is 13.9. The van der Waals surface area contributed by atoms with Crippen molar-refractivity contribution in [2.45, 2.75) is 32.2 Å². The molecule has 2 unspecified atom stereocenters. The molecule has 4 nitrogen and oxygen atoms in total. The maximum atomic E-state index is 13.3. The number of hydrogen-bond donors (Lipinski definition) is 2. The van der Waals surface area contributed by atoms with Crippen molar-refractivity contribution in [1.82, 2.24) is 10.6 Å². The molecule has 1 aromatic carbocycles. The molecule has 1 aromatic rings. The lowest BCUT2D eigenvalue weighted by atomic mass is 10.0. The van der Waals surface area contributed by atoms with E-state index in [0.717, 1.165) is 56.7 Å². The average molecular weight is 378 g/mol. The molecule has 24 heavy (non-hydrogen) atoms. The largest absolute Gasteiger partial charge is 0.369 e. The van der Waals surface area contributed by atoms with Crippen LogP contribution in [0.2, 0.25) is 0 Å². The second-order valence-electron chi connectivity index (χ2n) is 6.41. The fraction of sp³-hybridized carbons (Fsp3) is 0.588. The van der Waals surface area contributed by atoms with Crippen LogP contribution in [-0.2, 0) is 4.79 Å². The van der Waals surface area contributed by atoms with Gasteiger partial charge in [-0.3, -0.25) is 4.79 Å². The topological polar surface area (TPSA) is 44.4 Å². The summed E-state index contributed by atoms with van der Waals surface area (Å²) in [5.74, 6) is 0.0902. The number of aryl methyl sites for hydroxylation is 1. The number of nitrogens with zero attached hydrogens (tertiary/aromatic N) is 1. The molecule has 7 heteroatoms. The number of hydrogen-bond acceptors (Lipinski definition) is 3. The zero-order valence-corrected chi connectivity index (χ0v) is 15.5. The van der Waals surface area contributed by atoms with E-state index in [-0.39, 0.29) is 48.5 Å². The Morgan fingerprint density at radius 1 is 1.33 bits per heavy atom. The van der Waals surface area contributed by atoms with Crippen LogP contribution < -0.4 is 15.5 Å². The minimum absolute atomic E-state index is 0. The van der Waals surface area contributed by atoms with Crippen LogP contribution in [0.1, 0.15) is 24.8 Å². The lowest BCUT2D eigenvalue weighted by Crippen LogP contribution is -2.49. The van der Waals surface area contributed by atoms with Crippen molar-refractivity contribution in [2.75, 3.05) is 31.1 Å². The summed E-state index contributed by atoms with van der Waals surface area (Å²) in [6.07, 6.45) is 2.99. The number of piperidine rings is 1. The summed E-state index contributed by atoms with van der Waals surface area (Å²) in [6, 6.07) is 5.11. The Labute approximate surface area is 155 Å². The number of carbonyl (C=O) groups is 1. The van der Waals surface area contributed by atoms with Crippen molar-refractivity contribution in [3.05, 3.63) is 29.6 Å². The van der Waals surface area contributed by atoms with Gasteiger partial charge in [-0.25, -0.2) is 4.39 Å². The van der Waals surface area contributed by atoms with Crippen LogP contribution in [0, 0.1) is 18.7 Å². The number of benzene rings is 1. The van der Waals surface area contributed by atoms with E-state index >= 15 is 0 Å². The molecule has 1 amide bonds. The molecule has 136 valence electrons. The first-order valence-electron chi connectivity index (χ1n) is 8.15. The summed E-state index contributed by atoms with van der Waals surface area (Å²) in [7, 11) is 0. The van der Waals surface area contributed by atoms with Crippen LogP contribution in [0.25, 0.3) is 0 Å². The summed E-state index contributed by atoms with van der Waals surface area (Å²) in [6.45, 7) is 5.43. The van der Waals surface area contributed by atoms with Gasteiger partial charge in [-0.05, 0) is 56.5 Å². The molecule has 2 N–H and O–H groups in total. The Bertz CT molecular complexity index is 553. The maximum absolute atomic E-state index is 13.3. The van der Waals surface area contributed by atoms with Crippen molar-refractivity contribution in [3.63, 3.8) is 0 Å². The molecule has 3 rings (SSSR count). The van der Waals surface area contributed by atoms with E-state index in [2.05, 4.69) is 15.5 Å². The third kappa shape index (κ3) is 4.98. The predicted molar refractivity (Wildman–Crippen MR) is 100.0 cm³/mol. The van der Waals surface area contributed by atoms with E-state index in [1.54, 1.807) is 6.07 Å². The van der Waals surface area contributed by atoms with Gasteiger partial charge < -0.3 is 15.5 Å². The predicted octanol–water partition coefficient (Wildman–Crippen LogP) is 2.67. The van der Waals surface area contributed by atoms with E-state index in [1.807, 2.05) is 13.0 Å². The lowest BCUT2D eigenvalue weighted by Gasteiger charge is -2.36. The third-order valence-electron chi connectivity index (χ3n) is 4.70. The van der Waals surface area contributed by atoms with Crippen molar-refractivity contribution >= 4 is 36.4 Å². The van der Waals surface area contributed by atoms with Gasteiger partial charge in [-0.1, -0.05) is 0 Å². The minimum atomic E-state index is -0.197. The van der Waals surface area contributed by atoms with Gasteiger partial charge in [0.2, 0.25) is 5.91 Å². The average Bonchev–Trinajstić information content (AvgIpc) is 3.02. The molecule has 0 bridgehead atoms. The van der Waals surface area contributed by atoms with E-state index in [9.17, 15) is 9.18 Å². The first kappa shape index (κ1) is 21.0. The van der Waals surface area contributed by atoms with Gasteiger partial charge in [0.1, 0.15) is 5.82 Å². The van der Waals surface area contributed by atoms with E-state index < -0.39 is 0 Å². The maximum Gasteiger partial charge on any atom is 0.224 e. The minimum Gasteiger partial charge on any atom is -0.369 e. The molecule has 2 fully saturated rings. The number of amides is 1. The molecule has 2 aliphatic rings. The molecular formula is C17H26Cl2FN3O. The van der Waals surface area contributed by atoms with Gasteiger partial charge in [-0.2, -0.15) is 0 Å². The smallest absolute Gasteiger partial charge is 0.224 e. The number of nitrogens with one attached hydrogen (secondary N) is 2. The summed E-state index contributed by atoms with van der Waals surface area (Å²) >= 11 is 0. The van der Waals surface area contributed by atoms with Crippen molar-refractivity contribution in [1.29, 1.82) is 0 Å². The van der Waals surface area contributed by atoms with Crippen LogP contribution in [-0.4, -0.2) is 38.1 Å². The summed E-state index contributed by atoms with van der Waals surface area (Å²) in [4.78, 5) is 14.5. The summed E-state index contributed by atoms with van der Waals surface area (Å²) < 4.78 is 13.3. The fourth-order valence-corrected chi connectivity index (χ4v) is 3.48. The van der Waals surface area contributed by atoms with E-state index in [1.165, 1.54) is 6.07 Å². The lowest BCUT2D eigenvalue weighted by molar-refractivity contribution is -0.125. The molecule has 2 heterocycles. The molecule has 2 atom stereocenters. The van der Waals surface area contributed by atoms with Crippen molar-refractivity contribution < 1.29 is 9.18 Å². The molecule has 0 saturated carbocycles. The number of halogens is 3. The second-order valence-corrected chi connectivity index (χ2v) is 6.41. The molecule has 2 saturated heterocycles. The highest BCUT2D eigenvalue weighted by molar-refractivity contribution is 5.85. The van der Waals surface area contributed by atoms with Gasteiger partial charge in [0, 0.05) is 31.4 Å². The number of anilines is 1. The molecule has 0 aliphatic carbocycles. The first-order chi connectivity index (χ1) is 10.6. The normalized spacial score (nSPS) is 23.2. The standard InChI is InChI=1S/C17H24FN3O.2ClH/c1-12-9-14(18)4-5-16(12)21-8-2-3-15(11-21)20-17(22)13-6-7-19-10-13;;/h4-5,9,13,15,19H,2-3,6-8,10-11H2,1H3,(H,20,22);2*1H. The monoisotopic (exact) mass is 377 g/mol. The van der Waals surface area contributed by atoms with Crippen LogP contribution >= 0.6 is 24.8 Å². The van der Waals surface area contributed by atoms with E-state index in [4.69, 9.17) is 0 Å². The highest BCUT2D eigenvalue weighted by Gasteiger charge is 2.27. The van der Waals surface area contributed by atoms with Gasteiger partial charge in [0.05, 0.1) is 5.92 Å². The zero-order chi connectivity index (χ0) is 15.5. The van der Waals surface area contributed by atoms with Gasteiger partial charge in [0.25, 0.3) is 0 Å². The SMILES string of the molecule is Cc1cc(F)ccc1N1CCCC(NC(=O)C2CCNC2)C1.Cl.Cl. The Morgan fingerprint density at radius 2 is 2.12 bits per heavy atom. The van der Waals surface area contributed by atoms with Crippen LogP contribution in [0.4, 0.5) is 10.1 Å². The van der Waals surface area contributed by atoms with Crippen molar-refractivity contribution in [2.24, 2.45) is 5.92 Å². The molecule has 0 spiro atoms. The molecule has 0 aromatic heterocycles. The molecule has 2 aliphatic heterocycles. The van der Waals surface area contributed by atoms with Gasteiger partial charge >= 0.3 is 0 Å². The quantitative estimate of drug-likeness (QED) is 0.850. The van der Waals surface area contributed by atoms with Crippen molar-refractivity contribution in [3.8, 4) is 0 Å². The second kappa shape index (κ2) is 9.44. The van der Waals surface area contributed by atoms with Crippen LogP contribution in [0.3, 0.4) is 0 Å².